The van der Waals surface area contributed by atoms with Crippen LogP contribution < -0.4 is 15.6 Å². The molecule has 1 aliphatic rings. The highest BCUT2D eigenvalue weighted by Gasteiger charge is 2.27. The van der Waals surface area contributed by atoms with Gasteiger partial charge in [-0.25, -0.2) is 4.39 Å². The molecule has 0 aliphatic heterocycles. The van der Waals surface area contributed by atoms with Crippen LogP contribution in [0.25, 0.3) is 17.2 Å². The monoisotopic (exact) mass is 490 g/mol. The number of pyridine rings is 1. The maximum Gasteiger partial charge on any atom is 0.254 e. The van der Waals surface area contributed by atoms with Crippen molar-refractivity contribution in [1.29, 1.82) is 0 Å². The van der Waals surface area contributed by atoms with Crippen molar-refractivity contribution in [3.05, 3.63) is 86.1 Å². The fourth-order valence-corrected chi connectivity index (χ4v) is 4.58. The van der Waals surface area contributed by atoms with Crippen LogP contribution in [0.3, 0.4) is 0 Å². The second kappa shape index (κ2) is 9.39. The second-order valence-corrected chi connectivity index (χ2v) is 9.80. The molecule has 0 spiro atoms. The average molecular weight is 491 g/mol. The van der Waals surface area contributed by atoms with Gasteiger partial charge in [0, 0.05) is 48.5 Å². The number of amides is 1. The van der Waals surface area contributed by atoms with Gasteiger partial charge in [0.15, 0.2) is 0 Å². The van der Waals surface area contributed by atoms with E-state index in [1.807, 2.05) is 13.0 Å². The van der Waals surface area contributed by atoms with Gasteiger partial charge in [-0.3, -0.25) is 9.59 Å². The number of benzene rings is 2. The number of fused-ring (bicyclic) bond motifs is 1. The Morgan fingerprint density at radius 1 is 1.17 bits per heavy atom. The van der Waals surface area contributed by atoms with Crippen molar-refractivity contribution in [3.63, 3.8) is 0 Å². The van der Waals surface area contributed by atoms with Crippen LogP contribution in [0.15, 0.2) is 46.9 Å². The standard InChI is InChI=1S/C29H31FN2O4/c1-7-31-27(33)18-12-21-23(13-18)28(34)32(6)15-24(21)22-14-19(29(4,5)35)8-9-25(22)36-26-16(2)10-20(30)11-17(26)3/h8-12,14-15,35H,7,13H2,1-6H3,(H,31,33). The van der Waals surface area contributed by atoms with Crippen molar-refractivity contribution in [1.82, 2.24) is 9.88 Å². The number of nitrogens with one attached hydrogen (secondary N) is 1. The third-order valence-electron chi connectivity index (χ3n) is 6.44. The normalized spacial score (nSPS) is 12.8. The Morgan fingerprint density at radius 3 is 2.44 bits per heavy atom. The lowest BCUT2D eigenvalue weighted by atomic mass is 9.92. The van der Waals surface area contributed by atoms with Crippen LogP contribution in [0.1, 0.15) is 48.6 Å². The predicted molar refractivity (Wildman–Crippen MR) is 139 cm³/mol. The number of aliphatic hydroxyl groups is 1. The third kappa shape index (κ3) is 4.71. The van der Waals surface area contributed by atoms with Crippen molar-refractivity contribution in [2.24, 2.45) is 7.05 Å². The summed E-state index contributed by atoms with van der Waals surface area (Å²) < 4.78 is 21.8. The zero-order valence-electron chi connectivity index (χ0n) is 21.5. The van der Waals surface area contributed by atoms with E-state index in [1.54, 1.807) is 59.1 Å². The first-order chi connectivity index (χ1) is 16.9. The Bertz CT molecular complexity index is 1440. The predicted octanol–water partition coefficient (Wildman–Crippen LogP) is 4.90. The summed E-state index contributed by atoms with van der Waals surface area (Å²) in [5.74, 6) is 0.477. The maximum atomic E-state index is 13.9. The number of halogens is 1. The first-order valence-electron chi connectivity index (χ1n) is 11.9. The summed E-state index contributed by atoms with van der Waals surface area (Å²) in [6.45, 7) is 9.27. The Kier molecular flexibility index (Phi) is 6.62. The first-order valence-corrected chi connectivity index (χ1v) is 11.9. The molecule has 1 aromatic heterocycles. The Hall–Kier alpha value is -3.71. The molecular formula is C29H31FN2O4. The maximum absolute atomic E-state index is 13.9. The molecular weight excluding hydrogens is 459 g/mol. The zero-order chi connectivity index (χ0) is 26.4. The average Bonchev–Trinajstić information content (AvgIpc) is 3.24. The molecule has 7 heteroatoms. The molecule has 2 N–H and O–H groups in total. The van der Waals surface area contributed by atoms with Gasteiger partial charge in [-0.2, -0.15) is 0 Å². The van der Waals surface area contributed by atoms with Crippen molar-refractivity contribution < 1.29 is 19.0 Å². The molecule has 1 aliphatic carbocycles. The molecule has 0 unspecified atom stereocenters. The van der Waals surface area contributed by atoms with Gasteiger partial charge in [0.25, 0.3) is 5.56 Å². The number of rotatable bonds is 6. The van der Waals surface area contributed by atoms with Crippen LogP contribution in [0.4, 0.5) is 4.39 Å². The molecule has 0 atom stereocenters. The van der Waals surface area contributed by atoms with Gasteiger partial charge in [-0.1, -0.05) is 6.07 Å². The largest absolute Gasteiger partial charge is 0.456 e. The summed E-state index contributed by atoms with van der Waals surface area (Å²) in [6, 6.07) is 8.22. The Balaban J connectivity index is 1.96. The minimum Gasteiger partial charge on any atom is -0.456 e. The number of ether oxygens (including phenoxy) is 1. The van der Waals surface area contributed by atoms with Gasteiger partial charge < -0.3 is 19.7 Å². The summed E-state index contributed by atoms with van der Waals surface area (Å²) in [5, 5.41) is 13.5. The molecule has 0 radical (unpaired) electrons. The van der Waals surface area contributed by atoms with E-state index in [-0.39, 0.29) is 23.7 Å². The van der Waals surface area contributed by atoms with E-state index in [0.717, 1.165) is 0 Å². The molecule has 36 heavy (non-hydrogen) atoms. The molecule has 0 saturated heterocycles. The molecule has 3 aromatic rings. The second-order valence-electron chi connectivity index (χ2n) is 9.80. The van der Waals surface area contributed by atoms with E-state index in [0.29, 0.717) is 62.6 Å². The number of hydrogen-bond donors (Lipinski definition) is 2. The van der Waals surface area contributed by atoms with Crippen LogP contribution in [0, 0.1) is 19.7 Å². The van der Waals surface area contributed by atoms with Crippen LogP contribution in [-0.2, 0) is 23.9 Å². The smallest absolute Gasteiger partial charge is 0.254 e. The van der Waals surface area contributed by atoms with Gasteiger partial charge in [0.1, 0.15) is 17.3 Å². The van der Waals surface area contributed by atoms with E-state index >= 15 is 0 Å². The zero-order valence-corrected chi connectivity index (χ0v) is 21.5. The lowest BCUT2D eigenvalue weighted by Gasteiger charge is -2.22. The fraction of sp³-hybridized carbons (Fsp3) is 0.310. The SMILES string of the molecule is CCNC(=O)C1=Cc2c(-c3cc(C(C)(C)O)ccc3Oc3c(C)cc(F)cc3C)cn(C)c(=O)c2C1. The Labute approximate surface area is 210 Å². The summed E-state index contributed by atoms with van der Waals surface area (Å²) in [6.07, 6.45) is 3.71. The summed E-state index contributed by atoms with van der Waals surface area (Å²) in [7, 11) is 1.67. The molecule has 188 valence electrons. The van der Waals surface area contributed by atoms with Crippen LogP contribution in [0.5, 0.6) is 11.5 Å². The first kappa shape index (κ1) is 25.4. The van der Waals surface area contributed by atoms with E-state index in [4.69, 9.17) is 4.74 Å². The molecule has 6 nitrogen and oxygen atoms in total. The van der Waals surface area contributed by atoms with Crippen molar-refractivity contribution in [2.75, 3.05) is 6.54 Å². The van der Waals surface area contributed by atoms with Gasteiger partial charge in [-0.15, -0.1) is 0 Å². The number of carbonyl (C=O) groups is 1. The van der Waals surface area contributed by atoms with Crippen molar-refractivity contribution in [3.8, 4) is 22.6 Å². The summed E-state index contributed by atoms with van der Waals surface area (Å²) in [4.78, 5) is 25.6. The Morgan fingerprint density at radius 2 is 1.83 bits per heavy atom. The highest BCUT2D eigenvalue weighted by Crippen LogP contribution is 2.42. The van der Waals surface area contributed by atoms with E-state index in [1.165, 1.54) is 16.7 Å². The van der Waals surface area contributed by atoms with Crippen LogP contribution >= 0.6 is 0 Å². The number of carbonyl (C=O) groups excluding carboxylic acids is 1. The molecule has 0 bridgehead atoms. The van der Waals surface area contributed by atoms with Gasteiger partial charge in [0.05, 0.1) is 5.60 Å². The molecule has 0 saturated carbocycles. The quantitative estimate of drug-likeness (QED) is 0.515. The van der Waals surface area contributed by atoms with Crippen LogP contribution in [0.2, 0.25) is 0 Å². The van der Waals surface area contributed by atoms with Crippen molar-refractivity contribution >= 4 is 12.0 Å². The van der Waals surface area contributed by atoms with E-state index < -0.39 is 5.60 Å². The third-order valence-corrected chi connectivity index (χ3v) is 6.44. The highest BCUT2D eigenvalue weighted by molar-refractivity contribution is 6.02. The summed E-state index contributed by atoms with van der Waals surface area (Å²) in [5.41, 5.74) is 3.71. The molecule has 0 fully saturated rings. The minimum atomic E-state index is -1.12. The van der Waals surface area contributed by atoms with Gasteiger partial charge in [-0.05, 0) is 87.2 Å². The molecule has 1 heterocycles. The molecule has 2 aromatic carbocycles. The minimum absolute atomic E-state index is 0.171. The van der Waals surface area contributed by atoms with Gasteiger partial charge >= 0.3 is 0 Å². The van der Waals surface area contributed by atoms with Crippen molar-refractivity contribution in [2.45, 2.75) is 46.6 Å². The molecule has 4 rings (SSSR count). The lowest BCUT2D eigenvalue weighted by Crippen LogP contribution is -2.26. The number of hydrogen-bond acceptors (Lipinski definition) is 4. The number of likely N-dealkylation sites (N-methyl/N-ethyl adjacent to an activating group) is 1. The van der Waals surface area contributed by atoms with Gasteiger partial charge in [0.2, 0.25) is 5.91 Å². The summed E-state index contributed by atoms with van der Waals surface area (Å²) >= 11 is 0. The number of aromatic nitrogens is 1. The highest BCUT2D eigenvalue weighted by atomic mass is 19.1. The lowest BCUT2D eigenvalue weighted by molar-refractivity contribution is -0.117. The number of nitrogens with zero attached hydrogens (tertiary/aromatic N) is 1. The van der Waals surface area contributed by atoms with E-state index in [9.17, 15) is 19.1 Å². The van der Waals surface area contributed by atoms with E-state index in [2.05, 4.69) is 5.32 Å². The fourth-order valence-electron chi connectivity index (χ4n) is 4.58. The topological polar surface area (TPSA) is 80.6 Å². The van der Waals surface area contributed by atoms with Crippen LogP contribution in [-0.4, -0.2) is 22.1 Å². The molecule has 1 amide bonds. The number of aryl methyl sites for hydroxylation is 3.